The summed E-state index contributed by atoms with van der Waals surface area (Å²) in [7, 11) is 1.64. The fourth-order valence-electron chi connectivity index (χ4n) is 10.0. The lowest BCUT2D eigenvalue weighted by molar-refractivity contribution is -0.273. The third-order valence-corrected chi connectivity index (χ3v) is 12.2. The van der Waals surface area contributed by atoms with E-state index in [2.05, 4.69) is 13.8 Å². The molecule has 0 aromatic rings. The maximum atomic E-state index is 12.4. The van der Waals surface area contributed by atoms with Crippen LogP contribution in [0.5, 0.6) is 0 Å². The Morgan fingerprint density at radius 1 is 1.03 bits per heavy atom. The molecule has 7 heteroatoms. The second-order valence-electron chi connectivity index (χ2n) is 13.6. The van der Waals surface area contributed by atoms with Crippen LogP contribution in [0, 0.1) is 34.5 Å². The van der Waals surface area contributed by atoms with Crippen molar-refractivity contribution >= 4 is 5.97 Å². The highest BCUT2D eigenvalue weighted by atomic mass is 16.7. The summed E-state index contributed by atoms with van der Waals surface area (Å²) in [4.78, 5) is 11.8. The molecule has 2 heterocycles. The molecule has 0 amide bonds. The second kappa shape index (κ2) is 9.29. The van der Waals surface area contributed by atoms with Gasteiger partial charge in [0.15, 0.2) is 6.29 Å². The number of hydrogen-bond acceptors (Lipinski definition) is 7. The Bertz CT molecular complexity index is 935. The molecule has 0 spiro atoms. The molecule has 6 rings (SSSR count). The summed E-state index contributed by atoms with van der Waals surface area (Å²) in [5.41, 5.74) is 0.461. The molecule has 4 saturated carbocycles. The fourth-order valence-corrected chi connectivity index (χ4v) is 10.0. The Labute approximate surface area is 221 Å². The van der Waals surface area contributed by atoms with Crippen LogP contribution in [0.15, 0.2) is 11.6 Å². The third-order valence-electron chi connectivity index (χ3n) is 12.2. The van der Waals surface area contributed by atoms with E-state index in [-0.39, 0.29) is 47.3 Å². The van der Waals surface area contributed by atoms with Gasteiger partial charge in [0.2, 0.25) is 0 Å². The van der Waals surface area contributed by atoms with E-state index in [4.69, 9.17) is 18.9 Å². The van der Waals surface area contributed by atoms with Crippen molar-refractivity contribution in [2.24, 2.45) is 34.5 Å². The minimum absolute atomic E-state index is 0.166. The maximum absolute atomic E-state index is 12.4. The van der Waals surface area contributed by atoms with E-state index in [1.54, 1.807) is 13.2 Å². The van der Waals surface area contributed by atoms with Gasteiger partial charge in [0.05, 0.1) is 23.9 Å². The number of esters is 1. The molecule has 0 radical (unpaired) electrons. The summed E-state index contributed by atoms with van der Waals surface area (Å²) in [5, 5.41) is 22.7. The van der Waals surface area contributed by atoms with Gasteiger partial charge in [-0.05, 0) is 99.4 Å². The highest BCUT2D eigenvalue weighted by molar-refractivity contribution is 5.85. The van der Waals surface area contributed by atoms with Gasteiger partial charge in [-0.15, -0.1) is 0 Å². The number of methoxy groups -OCH3 is 1. The minimum atomic E-state index is -0.670. The van der Waals surface area contributed by atoms with Gasteiger partial charge in [-0.25, -0.2) is 4.79 Å². The molecule has 5 fully saturated rings. The monoisotopic (exact) mass is 518 g/mol. The largest absolute Gasteiger partial charge is 0.458 e. The van der Waals surface area contributed by atoms with Gasteiger partial charge >= 0.3 is 5.97 Å². The standard InChI is InChI=1S/C30H46O7/c1-17-27(32)24(34-4)15-26(36-17)37-20-7-10-28(2)19(14-20)5-6-23-22(28)8-11-29(3)21(9-12-30(23,29)33)18-13-25(31)35-16-18/h13,17,19-24,26-27,32-33H,5-12,14-16H2,1-4H3/t17-,19+,20-,21+,22-,23+,24+,26-,27-,28-,29+,30-/m0/s1. The maximum Gasteiger partial charge on any atom is 0.331 e. The highest BCUT2D eigenvalue weighted by Crippen LogP contribution is 2.70. The number of fused-ring (bicyclic) bond motifs is 5. The van der Waals surface area contributed by atoms with Crippen molar-refractivity contribution in [2.75, 3.05) is 13.7 Å². The fraction of sp³-hybridized carbons (Fsp3) is 0.900. The summed E-state index contributed by atoms with van der Waals surface area (Å²) in [6.07, 6.45) is 10.2. The molecule has 2 N–H and O–H groups in total. The van der Waals surface area contributed by atoms with Crippen molar-refractivity contribution in [3.63, 3.8) is 0 Å². The zero-order valence-electron chi connectivity index (χ0n) is 23.0. The van der Waals surface area contributed by atoms with Crippen molar-refractivity contribution in [3.05, 3.63) is 11.6 Å². The molecule has 12 atom stereocenters. The van der Waals surface area contributed by atoms with Crippen molar-refractivity contribution < 1.29 is 34.0 Å². The van der Waals surface area contributed by atoms with Crippen LogP contribution in [-0.2, 0) is 23.7 Å². The number of carbonyl (C=O) groups excluding carboxylic acids is 1. The van der Waals surface area contributed by atoms with Crippen molar-refractivity contribution in [3.8, 4) is 0 Å². The van der Waals surface area contributed by atoms with Crippen molar-refractivity contribution in [2.45, 2.75) is 121 Å². The topological polar surface area (TPSA) is 94.5 Å². The molecule has 0 aromatic heterocycles. The summed E-state index contributed by atoms with van der Waals surface area (Å²) in [6, 6.07) is 0. The molecule has 0 aromatic carbocycles. The van der Waals surface area contributed by atoms with Crippen LogP contribution < -0.4 is 0 Å². The number of hydrogen-bond donors (Lipinski definition) is 2. The quantitative estimate of drug-likeness (QED) is 0.427. The molecule has 6 aliphatic rings. The number of cyclic esters (lactones) is 1. The number of rotatable bonds is 4. The van der Waals surface area contributed by atoms with Crippen LogP contribution in [0.3, 0.4) is 0 Å². The van der Waals surface area contributed by atoms with Gasteiger partial charge in [0.25, 0.3) is 0 Å². The molecule has 1 saturated heterocycles. The highest BCUT2D eigenvalue weighted by Gasteiger charge is 2.67. The number of ether oxygens (including phenoxy) is 4. The van der Waals surface area contributed by atoms with Crippen LogP contribution >= 0.6 is 0 Å². The van der Waals surface area contributed by atoms with Gasteiger partial charge in [-0.2, -0.15) is 0 Å². The lowest BCUT2D eigenvalue weighted by Crippen LogP contribution is -2.62. The first-order chi connectivity index (χ1) is 17.6. The first-order valence-electron chi connectivity index (χ1n) is 14.7. The minimum Gasteiger partial charge on any atom is -0.458 e. The summed E-state index contributed by atoms with van der Waals surface area (Å²) in [6.45, 7) is 7.07. The number of carbonyl (C=O) groups is 1. The van der Waals surface area contributed by atoms with Crippen LogP contribution in [0.25, 0.3) is 0 Å². The SMILES string of the molecule is CO[C@@H]1C[C@H](O[C@H]2CC[C@@]3(C)[C@H](CC[C@@H]4[C@@H]3CC[C@]3(C)[C@@H](C5=CC(=O)OC5)CC[C@]43O)C2)O[C@@H](C)[C@@H]1O. The van der Waals surface area contributed by atoms with Gasteiger partial charge in [0, 0.05) is 25.0 Å². The van der Waals surface area contributed by atoms with Crippen LogP contribution in [0.4, 0.5) is 0 Å². The van der Waals surface area contributed by atoms with Crippen molar-refractivity contribution in [1.29, 1.82) is 0 Å². The Hall–Kier alpha value is -0.990. The number of aliphatic hydroxyl groups is 2. The van der Waals surface area contributed by atoms with E-state index in [0.717, 1.165) is 63.4 Å². The average molecular weight is 519 g/mol. The average Bonchev–Trinajstić information content (AvgIpc) is 3.41. The summed E-state index contributed by atoms with van der Waals surface area (Å²) < 4.78 is 23.2. The Kier molecular flexibility index (Phi) is 6.59. The number of aliphatic hydroxyl groups excluding tert-OH is 1. The zero-order chi connectivity index (χ0) is 26.2. The van der Waals surface area contributed by atoms with Crippen LogP contribution in [0.2, 0.25) is 0 Å². The van der Waals surface area contributed by atoms with Crippen LogP contribution in [0.1, 0.15) is 85.0 Å². The van der Waals surface area contributed by atoms with E-state index < -0.39 is 11.7 Å². The predicted molar refractivity (Wildman–Crippen MR) is 136 cm³/mol. The van der Waals surface area contributed by atoms with Crippen LogP contribution in [-0.4, -0.2) is 66.2 Å². The molecule has 37 heavy (non-hydrogen) atoms. The molecule has 7 nitrogen and oxygen atoms in total. The Morgan fingerprint density at radius 3 is 2.57 bits per heavy atom. The molecule has 208 valence electrons. The molecule has 4 aliphatic carbocycles. The molecular formula is C30H46O7. The summed E-state index contributed by atoms with van der Waals surface area (Å²) >= 11 is 0. The normalized spacial score (nSPS) is 53.6. The first kappa shape index (κ1) is 26.2. The van der Waals surface area contributed by atoms with E-state index in [1.165, 1.54) is 0 Å². The van der Waals surface area contributed by atoms with E-state index >= 15 is 0 Å². The molecule has 2 aliphatic heterocycles. The van der Waals surface area contributed by atoms with Crippen molar-refractivity contribution in [1.82, 2.24) is 0 Å². The van der Waals surface area contributed by atoms with Gasteiger partial charge < -0.3 is 29.2 Å². The molecule has 0 unspecified atom stereocenters. The Balaban J connectivity index is 1.15. The van der Waals surface area contributed by atoms with E-state index in [9.17, 15) is 15.0 Å². The summed E-state index contributed by atoms with van der Waals surface area (Å²) in [5.74, 6) is 1.45. The zero-order valence-corrected chi connectivity index (χ0v) is 23.0. The first-order valence-corrected chi connectivity index (χ1v) is 14.7. The smallest absolute Gasteiger partial charge is 0.331 e. The van der Waals surface area contributed by atoms with Gasteiger partial charge in [-0.3, -0.25) is 0 Å². The Morgan fingerprint density at radius 2 is 1.84 bits per heavy atom. The van der Waals surface area contributed by atoms with E-state index in [1.807, 2.05) is 6.92 Å². The lowest BCUT2D eigenvalue weighted by Gasteiger charge is -2.64. The lowest BCUT2D eigenvalue weighted by atomic mass is 9.43. The predicted octanol–water partition coefficient (Wildman–Crippen LogP) is 4.14. The van der Waals surface area contributed by atoms with Gasteiger partial charge in [-0.1, -0.05) is 13.8 Å². The third kappa shape index (κ3) is 3.97. The second-order valence-corrected chi connectivity index (χ2v) is 13.6. The molecular weight excluding hydrogens is 472 g/mol. The molecule has 0 bridgehead atoms. The van der Waals surface area contributed by atoms with E-state index in [0.29, 0.717) is 30.8 Å². The van der Waals surface area contributed by atoms with Gasteiger partial charge in [0.1, 0.15) is 12.7 Å².